The molecule has 0 radical (unpaired) electrons. The molecule has 0 saturated carbocycles. The van der Waals surface area contributed by atoms with E-state index in [0.717, 1.165) is 29.7 Å². The summed E-state index contributed by atoms with van der Waals surface area (Å²) in [6, 6.07) is 9.45. The maximum atomic E-state index is 12.0. The van der Waals surface area contributed by atoms with E-state index in [1.807, 2.05) is 18.2 Å². The number of aliphatic hydroxyl groups is 1. The maximum Gasteiger partial charge on any atom is 0.332 e. The third kappa shape index (κ3) is 5.97. The molecule has 0 aliphatic rings. The SMILES string of the molecule is COc1cccc(CCCN(CCO)CCNc2cc(=O)n(C)c(=O)n2C)c1. The zero-order valence-electron chi connectivity index (χ0n) is 16.9. The summed E-state index contributed by atoms with van der Waals surface area (Å²) in [5.74, 6) is 1.35. The Morgan fingerprint density at radius 2 is 1.89 bits per heavy atom. The summed E-state index contributed by atoms with van der Waals surface area (Å²) in [6.07, 6.45) is 1.88. The van der Waals surface area contributed by atoms with Gasteiger partial charge in [0.15, 0.2) is 0 Å². The molecule has 1 aromatic heterocycles. The number of aromatic nitrogens is 2. The van der Waals surface area contributed by atoms with Crippen LogP contribution in [0, 0.1) is 0 Å². The fourth-order valence-corrected chi connectivity index (χ4v) is 3.06. The highest BCUT2D eigenvalue weighted by Gasteiger charge is 2.08. The quantitative estimate of drug-likeness (QED) is 0.579. The molecule has 1 aromatic carbocycles. The lowest BCUT2D eigenvalue weighted by atomic mass is 10.1. The van der Waals surface area contributed by atoms with Crippen LogP contribution in [-0.2, 0) is 20.5 Å². The monoisotopic (exact) mass is 390 g/mol. The standard InChI is InChI=1S/C20H30N4O4/c1-22-18(15-19(26)23(2)20(22)27)21-9-11-24(12-13-25)10-5-7-16-6-4-8-17(14-16)28-3/h4,6,8,14-15,21,25H,5,7,9-13H2,1-3H3. The number of aliphatic hydroxyl groups excluding tert-OH is 1. The predicted octanol–water partition coefficient (Wildman–Crippen LogP) is 0.432. The Hall–Kier alpha value is -2.58. The second-order valence-corrected chi connectivity index (χ2v) is 6.72. The molecule has 0 atom stereocenters. The number of nitrogens with one attached hydrogen (secondary N) is 1. The van der Waals surface area contributed by atoms with Crippen molar-refractivity contribution >= 4 is 5.82 Å². The van der Waals surface area contributed by atoms with Gasteiger partial charge in [0.25, 0.3) is 5.56 Å². The van der Waals surface area contributed by atoms with E-state index in [1.54, 1.807) is 14.2 Å². The topological polar surface area (TPSA) is 88.7 Å². The lowest BCUT2D eigenvalue weighted by Crippen LogP contribution is -2.38. The fourth-order valence-electron chi connectivity index (χ4n) is 3.06. The highest BCUT2D eigenvalue weighted by atomic mass is 16.5. The first-order valence-electron chi connectivity index (χ1n) is 9.43. The summed E-state index contributed by atoms with van der Waals surface area (Å²) >= 11 is 0. The Kier molecular flexibility index (Phi) is 8.28. The maximum absolute atomic E-state index is 12.0. The van der Waals surface area contributed by atoms with Gasteiger partial charge in [-0.25, -0.2) is 4.79 Å². The van der Waals surface area contributed by atoms with E-state index in [4.69, 9.17) is 4.74 Å². The van der Waals surface area contributed by atoms with Crippen molar-refractivity contribution < 1.29 is 9.84 Å². The molecule has 8 heteroatoms. The first kappa shape index (κ1) is 21.7. The number of hydrogen-bond donors (Lipinski definition) is 2. The predicted molar refractivity (Wildman–Crippen MR) is 110 cm³/mol. The van der Waals surface area contributed by atoms with Gasteiger partial charge < -0.3 is 15.2 Å². The molecule has 0 aliphatic heterocycles. The van der Waals surface area contributed by atoms with E-state index in [0.29, 0.717) is 25.5 Å². The molecule has 2 rings (SSSR count). The van der Waals surface area contributed by atoms with Gasteiger partial charge in [0, 0.05) is 39.8 Å². The van der Waals surface area contributed by atoms with E-state index in [2.05, 4.69) is 16.3 Å². The van der Waals surface area contributed by atoms with Gasteiger partial charge in [0.1, 0.15) is 11.6 Å². The Bertz CT molecular complexity index is 875. The molecule has 1 heterocycles. The van der Waals surface area contributed by atoms with Crippen LogP contribution in [0.2, 0.25) is 0 Å². The van der Waals surface area contributed by atoms with Crippen molar-refractivity contribution in [2.24, 2.45) is 14.1 Å². The molecule has 28 heavy (non-hydrogen) atoms. The molecule has 0 bridgehead atoms. The van der Waals surface area contributed by atoms with Crippen molar-refractivity contribution in [3.63, 3.8) is 0 Å². The number of methoxy groups -OCH3 is 1. The van der Waals surface area contributed by atoms with Gasteiger partial charge in [0.2, 0.25) is 0 Å². The highest BCUT2D eigenvalue weighted by Crippen LogP contribution is 2.14. The second-order valence-electron chi connectivity index (χ2n) is 6.72. The number of rotatable bonds is 11. The zero-order chi connectivity index (χ0) is 20.5. The Labute approximate surface area is 165 Å². The van der Waals surface area contributed by atoms with Crippen LogP contribution < -0.4 is 21.3 Å². The number of hydrogen-bond acceptors (Lipinski definition) is 6. The molecule has 0 spiro atoms. The van der Waals surface area contributed by atoms with Crippen LogP contribution in [0.4, 0.5) is 5.82 Å². The molecule has 0 fully saturated rings. The minimum absolute atomic E-state index is 0.0868. The third-order valence-corrected chi connectivity index (χ3v) is 4.75. The van der Waals surface area contributed by atoms with E-state index in [9.17, 15) is 14.7 Å². The zero-order valence-corrected chi connectivity index (χ0v) is 16.9. The van der Waals surface area contributed by atoms with Crippen molar-refractivity contribution in [1.82, 2.24) is 14.0 Å². The number of ether oxygens (including phenoxy) is 1. The highest BCUT2D eigenvalue weighted by molar-refractivity contribution is 5.33. The lowest BCUT2D eigenvalue weighted by molar-refractivity contribution is 0.199. The van der Waals surface area contributed by atoms with Gasteiger partial charge in [-0.05, 0) is 37.1 Å². The number of aryl methyl sites for hydroxylation is 1. The lowest BCUT2D eigenvalue weighted by Gasteiger charge is -2.22. The van der Waals surface area contributed by atoms with Gasteiger partial charge in [-0.15, -0.1) is 0 Å². The summed E-state index contributed by atoms with van der Waals surface area (Å²) in [5.41, 5.74) is 0.521. The number of nitrogens with zero attached hydrogens (tertiary/aromatic N) is 3. The van der Waals surface area contributed by atoms with Gasteiger partial charge in [-0.2, -0.15) is 0 Å². The molecule has 0 amide bonds. The fraction of sp³-hybridized carbons (Fsp3) is 0.500. The number of anilines is 1. The van der Waals surface area contributed by atoms with Crippen LogP contribution in [0.5, 0.6) is 5.75 Å². The summed E-state index contributed by atoms with van der Waals surface area (Å²) in [4.78, 5) is 25.9. The first-order chi connectivity index (χ1) is 13.5. The molecule has 8 nitrogen and oxygen atoms in total. The van der Waals surface area contributed by atoms with Gasteiger partial charge in [0.05, 0.1) is 13.7 Å². The van der Waals surface area contributed by atoms with Crippen LogP contribution >= 0.6 is 0 Å². The average molecular weight is 390 g/mol. The third-order valence-electron chi connectivity index (χ3n) is 4.75. The molecular formula is C20H30N4O4. The van der Waals surface area contributed by atoms with Gasteiger partial charge in [-0.1, -0.05) is 12.1 Å². The van der Waals surface area contributed by atoms with E-state index in [-0.39, 0.29) is 17.9 Å². The summed E-state index contributed by atoms with van der Waals surface area (Å²) in [5, 5.41) is 12.5. The van der Waals surface area contributed by atoms with Crippen LogP contribution in [0.3, 0.4) is 0 Å². The number of benzene rings is 1. The molecule has 2 N–H and O–H groups in total. The summed E-state index contributed by atoms with van der Waals surface area (Å²) in [7, 11) is 4.75. The van der Waals surface area contributed by atoms with Gasteiger partial charge >= 0.3 is 5.69 Å². The van der Waals surface area contributed by atoms with Crippen LogP contribution in [0.1, 0.15) is 12.0 Å². The van der Waals surface area contributed by atoms with E-state index < -0.39 is 0 Å². The van der Waals surface area contributed by atoms with E-state index >= 15 is 0 Å². The van der Waals surface area contributed by atoms with Crippen molar-refractivity contribution in [2.45, 2.75) is 12.8 Å². The van der Waals surface area contributed by atoms with Crippen LogP contribution in [0.25, 0.3) is 0 Å². The van der Waals surface area contributed by atoms with Crippen molar-refractivity contribution in [2.75, 3.05) is 45.2 Å². The second kappa shape index (κ2) is 10.7. The van der Waals surface area contributed by atoms with Crippen molar-refractivity contribution in [1.29, 1.82) is 0 Å². The summed E-state index contributed by atoms with van der Waals surface area (Å²) < 4.78 is 7.74. The Morgan fingerprint density at radius 1 is 1.11 bits per heavy atom. The van der Waals surface area contributed by atoms with E-state index in [1.165, 1.54) is 23.2 Å². The average Bonchev–Trinajstić information content (AvgIpc) is 2.70. The van der Waals surface area contributed by atoms with Crippen LogP contribution in [-0.4, -0.2) is 59.0 Å². The Morgan fingerprint density at radius 3 is 2.61 bits per heavy atom. The molecular weight excluding hydrogens is 360 g/mol. The van der Waals surface area contributed by atoms with Gasteiger partial charge in [-0.3, -0.25) is 18.8 Å². The van der Waals surface area contributed by atoms with Crippen molar-refractivity contribution in [3.05, 3.63) is 56.7 Å². The minimum Gasteiger partial charge on any atom is -0.497 e. The molecule has 154 valence electrons. The minimum atomic E-state index is -0.361. The smallest absolute Gasteiger partial charge is 0.332 e. The summed E-state index contributed by atoms with van der Waals surface area (Å²) in [6.45, 7) is 2.77. The largest absolute Gasteiger partial charge is 0.497 e. The molecule has 2 aromatic rings. The normalized spacial score (nSPS) is 11.0. The van der Waals surface area contributed by atoms with Crippen molar-refractivity contribution in [3.8, 4) is 5.75 Å². The molecule has 0 saturated heterocycles. The Balaban J connectivity index is 1.86. The molecule has 0 aliphatic carbocycles. The van der Waals surface area contributed by atoms with Crippen LogP contribution in [0.15, 0.2) is 39.9 Å². The molecule has 0 unspecified atom stereocenters. The first-order valence-corrected chi connectivity index (χ1v) is 9.43.